The minimum Gasteiger partial charge on any atom is -0.497 e. The van der Waals surface area contributed by atoms with Crippen molar-refractivity contribution in [3.05, 3.63) is 46.2 Å². The summed E-state index contributed by atoms with van der Waals surface area (Å²) >= 11 is 1.70. The van der Waals surface area contributed by atoms with Crippen LogP contribution in [0.25, 0.3) is 0 Å². The molecule has 18 heavy (non-hydrogen) atoms. The zero-order valence-electron chi connectivity index (χ0n) is 10.5. The van der Waals surface area contributed by atoms with Gasteiger partial charge in [0.05, 0.1) is 7.11 Å². The number of hydrogen-bond acceptors (Lipinski definition) is 4. The van der Waals surface area contributed by atoms with Crippen molar-refractivity contribution in [1.29, 1.82) is 0 Å². The van der Waals surface area contributed by atoms with Crippen LogP contribution >= 0.6 is 11.3 Å². The van der Waals surface area contributed by atoms with Crippen LogP contribution in [0.4, 0.5) is 5.69 Å². The number of nitrogen functional groups attached to an aromatic ring is 1. The fraction of sp³-hybridized carbons (Fsp3) is 0.286. The van der Waals surface area contributed by atoms with E-state index in [1.54, 1.807) is 18.4 Å². The lowest BCUT2D eigenvalue weighted by Gasteiger charge is -2.05. The largest absolute Gasteiger partial charge is 0.497 e. The molecule has 3 N–H and O–H groups in total. The Morgan fingerprint density at radius 3 is 2.61 bits per heavy atom. The van der Waals surface area contributed by atoms with E-state index >= 15 is 0 Å². The maximum atomic E-state index is 5.82. The molecule has 0 amide bonds. The number of methoxy groups -OCH3 is 1. The average Bonchev–Trinajstić information content (AvgIpc) is 2.81. The van der Waals surface area contributed by atoms with Crippen LogP contribution in [0.1, 0.15) is 10.4 Å². The number of thiophene rings is 1. The Bertz CT molecular complexity index is 479. The summed E-state index contributed by atoms with van der Waals surface area (Å²) in [5, 5.41) is 5.43. The van der Waals surface area contributed by atoms with Gasteiger partial charge >= 0.3 is 0 Å². The fourth-order valence-corrected chi connectivity index (χ4v) is 2.49. The molecule has 0 aliphatic rings. The van der Waals surface area contributed by atoms with Gasteiger partial charge in [0.2, 0.25) is 0 Å². The van der Waals surface area contributed by atoms with Crippen molar-refractivity contribution in [2.24, 2.45) is 0 Å². The second-order valence-corrected chi connectivity index (χ2v) is 5.07. The molecular weight excluding hydrogens is 244 g/mol. The van der Waals surface area contributed by atoms with Crippen LogP contribution in [-0.4, -0.2) is 13.7 Å². The quantitative estimate of drug-likeness (QED) is 0.787. The summed E-state index contributed by atoms with van der Waals surface area (Å²) in [6, 6.07) is 10.1. The van der Waals surface area contributed by atoms with E-state index in [9.17, 15) is 0 Å². The van der Waals surface area contributed by atoms with Gasteiger partial charge < -0.3 is 15.8 Å². The normalized spacial score (nSPS) is 10.5. The van der Waals surface area contributed by atoms with Gasteiger partial charge in [-0.25, -0.2) is 0 Å². The molecule has 0 radical (unpaired) electrons. The van der Waals surface area contributed by atoms with Gasteiger partial charge in [0.25, 0.3) is 0 Å². The Labute approximate surface area is 112 Å². The highest BCUT2D eigenvalue weighted by Crippen LogP contribution is 2.18. The smallest absolute Gasteiger partial charge is 0.118 e. The lowest BCUT2D eigenvalue weighted by molar-refractivity contribution is 0.414. The van der Waals surface area contributed by atoms with Crippen LogP contribution in [0, 0.1) is 0 Å². The molecule has 2 aromatic rings. The van der Waals surface area contributed by atoms with Crippen LogP contribution in [-0.2, 0) is 13.0 Å². The van der Waals surface area contributed by atoms with E-state index in [1.807, 2.05) is 23.6 Å². The van der Waals surface area contributed by atoms with Gasteiger partial charge in [-0.2, -0.15) is 0 Å². The molecule has 0 saturated carbocycles. The highest BCUT2D eigenvalue weighted by molar-refractivity contribution is 7.10. The van der Waals surface area contributed by atoms with Crippen molar-refractivity contribution in [1.82, 2.24) is 5.32 Å². The second-order valence-electron chi connectivity index (χ2n) is 4.07. The predicted octanol–water partition coefficient (Wildman–Crippen LogP) is 2.67. The van der Waals surface area contributed by atoms with Crippen molar-refractivity contribution < 1.29 is 4.74 Å². The highest BCUT2D eigenvalue weighted by atomic mass is 32.1. The van der Waals surface area contributed by atoms with Crippen molar-refractivity contribution in [3.8, 4) is 5.75 Å². The Kier molecular flexibility index (Phi) is 4.61. The van der Waals surface area contributed by atoms with Gasteiger partial charge in [0, 0.05) is 17.1 Å². The first-order valence-corrected chi connectivity index (χ1v) is 6.83. The van der Waals surface area contributed by atoms with E-state index in [-0.39, 0.29) is 0 Å². The zero-order valence-corrected chi connectivity index (χ0v) is 11.3. The number of ether oxygens (including phenoxy) is 1. The Hall–Kier alpha value is -1.52. The molecule has 96 valence electrons. The summed E-state index contributed by atoms with van der Waals surface area (Å²) in [7, 11) is 1.68. The van der Waals surface area contributed by atoms with Gasteiger partial charge in [-0.15, -0.1) is 11.3 Å². The molecule has 0 aliphatic heterocycles. The zero-order chi connectivity index (χ0) is 12.8. The summed E-state index contributed by atoms with van der Waals surface area (Å²) < 4.78 is 5.13. The van der Waals surface area contributed by atoms with E-state index in [2.05, 4.69) is 17.4 Å². The summed E-state index contributed by atoms with van der Waals surface area (Å²) in [5.41, 5.74) is 8.02. The van der Waals surface area contributed by atoms with Crippen molar-refractivity contribution in [2.75, 3.05) is 19.4 Å². The molecule has 2 rings (SSSR count). The molecule has 1 heterocycles. The number of hydrogen-bond donors (Lipinski definition) is 2. The molecule has 4 heteroatoms. The lowest BCUT2D eigenvalue weighted by atomic mass is 10.1. The standard InChI is InChI=1S/C14H18N2OS/c1-17-12-4-2-11(3-5-12)6-8-16-10-14-13(15)7-9-18-14/h2-5,7,9,16H,6,8,10,15H2,1H3. The third kappa shape index (κ3) is 3.48. The fourth-order valence-electron chi connectivity index (χ4n) is 1.72. The number of nitrogens with two attached hydrogens (primary N) is 1. The SMILES string of the molecule is COc1ccc(CCNCc2sccc2N)cc1. The maximum Gasteiger partial charge on any atom is 0.118 e. The summed E-state index contributed by atoms with van der Waals surface area (Å²) in [4.78, 5) is 1.21. The van der Waals surface area contributed by atoms with Gasteiger partial charge in [-0.3, -0.25) is 0 Å². The number of rotatable bonds is 6. The first kappa shape index (κ1) is 12.9. The van der Waals surface area contributed by atoms with Gasteiger partial charge in [0.1, 0.15) is 5.75 Å². The van der Waals surface area contributed by atoms with Crippen molar-refractivity contribution in [3.63, 3.8) is 0 Å². The molecular formula is C14H18N2OS. The average molecular weight is 262 g/mol. The van der Waals surface area contributed by atoms with Crippen LogP contribution < -0.4 is 15.8 Å². The summed E-state index contributed by atoms with van der Waals surface area (Å²) in [5.74, 6) is 0.901. The predicted molar refractivity (Wildman–Crippen MR) is 77.1 cm³/mol. The molecule has 0 spiro atoms. The monoisotopic (exact) mass is 262 g/mol. The Morgan fingerprint density at radius 1 is 1.22 bits per heavy atom. The first-order valence-electron chi connectivity index (χ1n) is 5.95. The molecule has 0 saturated heterocycles. The van der Waals surface area contributed by atoms with Crippen LogP contribution in [0.5, 0.6) is 5.75 Å². The third-order valence-corrected chi connectivity index (χ3v) is 3.75. The third-order valence-electron chi connectivity index (χ3n) is 2.81. The van der Waals surface area contributed by atoms with E-state index in [1.165, 1.54) is 10.4 Å². The van der Waals surface area contributed by atoms with E-state index in [0.29, 0.717) is 0 Å². The van der Waals surface area contributed by atoms with Crippen LogP contribution in [0.3, 0.4) is 0 Å². The Morgan fingerprint density at radius 2 is 2.00 bits per heavy atom. The summed E-state index contributed by atoms with van der Waals surface area (Å²) in [6.45, 7) is 1.79. The second kappa shape index (κ2) is 6.42. The Balaban J connectivity index is 1.73. The molecule has 0 bridgehead atoms. The van der Waals surface area contributed by atoms with Crippen LogP contribution in [0.15, 0.2) is 35.7 Å². The minimum atomic E-state index is 0.847. The minimum absolute atomic E-state index is 0.847. The number of anilines is 1. The van der Waals surface area contributed by atoms with Crippen molar-refractivity contribution in [2.45, 2.75) is 13.0 Å². The van der Waals surface area contributed by atoms with Gasteiger partial charge in [-0.05, 0) is 42.1 Å². The number of benzene rings is 1. The van der Waals surface area contributed by atoms with E-state index in [0.717, 1.165) is 30.9 Å². The molecule has 0 aliphatic carbocycles. The topological polar surface area (TPSA) is 47.3 Å². The van der Waals surface area contributed by atoms with E-state index < -0.39 is 0 Å². The molecule has 0 fully saturated rings. The van der Waals surface area contributed by atoms with E-state index in [4.69, 9.17) is 10.5 Å². The highest BCUT2D eigenvalue weighted by Gasteiger charge is 1.99. The molecule has 1 aromatic heterocycles. The van der Waals surface area contributed by atoms with Gasteiger partial charge in [0.15, 0.2) is 0 Å². The molecule has 0 unspecified atom stereocenters. The molecule has 1 aromatic carbocycles. The summed E-state index contributed by atoms with van der Waals surface area (Å²) in [6.07, 6.45) is 1.01. The van der Waals surface area contributed by atoms with Crippen molar-refractivity contribution >= 4 is 17.0 Å². The lowest BCUT2D eigenvalue weighted by Crippen LogP contribution is -2.16. The van der Waals surface area contributed by atoms with Crippen LogP contribution in [0.2, 0.25) is 0 Å². The maximum absolute atomic E-state index is 5.82. The first-order chi connectivity index (χ1) is 8.79. The molecule has 0 atom stereocenters. The molecule has 3 nitrogen and oxygen atoms in total. The number of nitrogens with one attached hydrogen (secondary N) is 1. The van der Waals surface area contributed by atoms with Gasteiger partial charge in [-0.1, -0.05) is 12.1 Å².